The Balaban J connectivity index is 1.15. The van der Waals surface area contributed by atoms with Crippen LogP contribution in [0.1, 0.15) is 108 Å². The molecule has 0 spiro atoms. The molecule has 0 amide bonds. The van der Waals surface area contributed by atoms with Crippen molar-refractivity contribution < 1.29 is 77.9 Å². The molecule has 2 aliphatic carbocycles. The summed E-state index contributed by atoms with van der Waals surface area (Å²) in [6.07, 6.45) is -7.59. The first-order valence-electron chi connectivity index (χ1n) is 19.9. The standard InChI is InChI=1S/C42H52N2O16/c1-8-42(53)15-27(30-19(34(42)40(52)54-7)11-20-31(36(30)50)37(51)33-24(46)10-9-23(45)32(33)35(20)49)58-28-13-22(44(5)6)38(17(3)55-28)59-29-14-26(48)39(18(4)56-29)60-41-21(43)12-25(47)16(2)57-41/h9-12,16-18,22,26-29,34,38-39,41,45-46,48,50,53H,8,13-15,43H2,1-7H3/t16-,17-,18-,22+,26+,27?,28+,29+,34?,38-,39-,41+,42-/m1/s1. The summed E-state index contributed by atoms with van der Waals surface area (Å²) < 4.78 is 42.3. The van der Waals surface area contributed by atoms with E-state index < -0.39 is 125 Å². The van der Waals surface area contributed by atoms with E-state index in [1.807, 2.05) is 19.0 Å². The number of phenolic OH excluding ortho intramolecular Hbond substituents is 3. The zero-order valence-corrected chi connectivity index (χ0v) is 34.3. The molecular weight excluding hydrogens is 788 g/mol. The minimum atomic E-state index is -1.82. The van der Waals surface area contributed by atoms with E-state index >= 15 is 0 Å². The number of nitrogens with zero attached hydrogens (tertiary/aromatic N) is 1. The molecule has 5 aliphatic rings. The van der Waals surface area contributed by atoms with Crippen LogP contribution in [0.3, 0.4) is 0 Å². The van der Waals surface area contributed by atoms with E-state index in [-0.39, 0.29) is 59.9 Å². The third kappa shape index (κ3) is 7.47. The summed E-state index contributed by atoms with van der Waals surface area (Å²) in [5, 5.41) is 56.5. The quantitative estimate of drug-likeness (QED) is 0.133. The van der Waals surface area contributed by atoms with Crippen LogP contribution >= 0.6 is 0 Å². The number of fused-ring (bicyclic) bond motifs is 3. The van der Waals surface area contributed by atoms with Gasteiger partial charge in [-0.05, 0) is 65.0 Å². The molecule has 0 saturated carbocycles. The minimum Gasteiger partial charge on any atom is -0.507 e. The van der Waals surface area contributed by atoms with Gasteiger partial charge in [0.25, 0.3) is 0 Å². The number of methoxy groups -OCH3 is 1. The number of likely N-dealkylation sites (N-methyl/N-ethyl adjacent to an activating group) is 1. The Hall–Kier alpha value is -4.50. The highest BCUT2D eigenvalue weighted by Crippen LogP contribution is 2.54. The summed E-state index contributed by atoms with van der Waals surface area (Å²) in [5.41, 5.74) is 2.42. The van der Waals surface area contributed by atoms with Crippen molar-refractivity contribution in [3.05, 3.63) is 63.4 Å². The number of benzene rings is 2. The number of ketones is 3. The van der Waals surface area contributed by atoms with E-state index in [0.717, 1.165) is 19.2 Å². The van der Waals surface area contributed by atoms with E-state index in [2.05, 4.69) is 0 Å². The molecule has 3 aliphatic heterocycles. The number of carbonyl (C=O) groups is 4. The van der Waals surface area contributed by atoms with Gasteiger partial charge < -0.3 is 69.3 Å². The van der Waals surface area contributed by atoms with Crippen molar-refractivity contribution in [2.75, 3.05) is 21.2 Å². The van der Waals surface area contributed by atoms with Gasteiger partial charge in [0, 0.05) is 42.5 Å². The molecule has 13 atom stereocenters. The zero-order valence-electron chi connectivity index (χ0n) is 34.3. The van der Waals surface area contributed by atoms with Crippen LogP contribution in [-0.4, -0.2) is 142 Å². The van der Waals surface area contributed by atoms with E-state index in [1.165, 1.54) is 12.1 Å². The lowest BCUT2D eigenvalue weighted by Gasteiger charge is -2.48. The molecule has 0 radical (unpaired) electrons. The largest absolute Gasteiger partial charge is 0.507 e. The average Bonchev–Trinajstić information content (AvgIpc) is 3.18. The molecule has 2 fully saturated rings. The van der Waals surface area contributed by atoms with Gasteiger partial charge in [-0.25, -0.2) is 0 Å². The molecule has 3 heterocycles. The Kier molecular flexibility index (Phi) is 11.9. The van der Waals surface area contributed by atoms with Gasteiger partial charge in [0.05, 0.1) is 59.5 Å². The molecule has 2 saturated heterocycles. The monoisotopic (exact) mass is 840 g/mol. The van der Waals surface area contributed by atoms with Crippen molar-refractivity contribution in [3.8, 4) is 17.2 Å². The highest BCUT2D eigenvalue weighted by Gasteiger charge is 2.54. The van der Waals surface area contributed by atoms with Gasteiger partial charge in [0.1, 0.15) is 41.5 Å². The summed E-state index contributed by atoms with van der Waals surface area (Å²) in [7, 11) is 4.81. The van der Waals surface area contributed by atoms with Crippen molar-refractivity contribution in [2.24, 2.45) is 5.73 Å². The maximum Gasteiger partial charge on any atom is 0.316 e. The van der Waals surface area contributed by atoms with Crippen molar-refractivity contribution in [2.45, 2.75) is 133 Å². The number of hydrogen-bond donors (Lipinski definition) is 6. The lowest BCUT2D eigenvalue weighted by atomic mass is 9.67. The highest BCUT2D eigenvalue weighted by atomic mass is 16.7. The van der Waals surface area contributed by atoms with Crippen LogP contribution in [0.15, 0.2) is 30.0 Å². The number of aromatic hydroxyl groups is 3. The predicted octanol–water partition coefficient (Wildman–Crippen LogP) is 1.93. The number of ether oxygens (including phenoxy) is 7. The Labute approximate surface area is 345 Å². The van der Waals surface area contributed by atoms with Crippen LogP contribution in [0.4, 0.5) is 0 Å². The second-order valence-electron chi connectivity index (χ2n) is 16.4. The SMILES string of the molecule is CC[C@@]1(O)CC(O[C@H]2C[C@H](N(C)C)[C@H](O[C@H]3C[C@H](O)[C@H](O[C@@H]4O[C@H](C)C(=O)C=C4N)[C@@H](C)O3)[C@@H](C)O2)c2c(cc3c(c2O)C(=O)c2c(O)ccc(O)c2C3=O)C1C(=O)OC. The van der Waals surface area contributed by atoms with Gasteiger partial charge in [-0.15, -0.1) is 0 Å². The van der Waals surface area contributed by atoms with E-state index in [1.54, 1.807) is 27.7 Å². The summed E-state index contributed by atoms with van der Waals surface area (Å²) in [4.78, 5) is 55.2. The third-order valence-corrected chi connectivity index (χ3v) is 12.4. The number of rotatable bonds is 9. The number of aliphatic hydroxyl groups is 2. The second-order valence-corrected chi connectivity index (χ2v) is 16.4. The first-order chi connectivity index (χ1) is 28.3. The Morgan fingerprint density at radius 1 is 0.900 bits per heavy atom. The zero-order chi connectivity index (χ0) is 43.7. The smallest absolute Gasteiger partial charge is 0.316 e. The molecule has 18 heteroatoms. The van der Waals surface area contributed by atoms with Crippen LogP contribution in [0.5, 0.6) is 17.2 Å². The molecule has 60 heavy (non-hydrogen) atoms. The predicted molar refractivity (Wildman–Crippen MR) is 206 cm³/mol. The van der Waals surface area contributed by atoms with Crippen molar-refractivity contribution >= 4 is 23.3 Å². The molecule has 2 unspecified atom stereocenters. The molecule has 326 valence electrons. The average molecular weight is 841 g/mol. The first kappa shape index (κ1) is 43.6. The van der Waals surface area contributed by atoms with Gasteiger partial charge in [0.2, 0.25) is 5.78 Å². The normalized spacial score (nSPS) is 35.4. The second kappa shape index (κ2) is 16.4. The topological polar surface area (TPSA) is 263 Å². The fourth-order valence-corrected chi connectivity index (χ4v) is 9.16. The van der Waals surface area contributed by atoms with Crippen molar-refractivity contribution in [1.82, 2.24) is 4.90 Å². The van der Waals surface area contributed by atoms with Gasteiger partial charge in [-0.2, -0.15) is 0 Å². The summed E-state index contributed by atoms with van der Waals surface area (Å²) in [6, 6.07) is 2.97. The summed E-state index contributed by atoms with van der Waals surface area (Å²) >= 11 is 0. The van der Waals surface area contributed by atoms with Crippen LogP contribution in [0.25, 0.3) is 0 Å². The third-order valence-electron chi connectivity index (χ3n) is 12.4. The highest BCUT2D eigenvalue weighted by molar-refractivity contribution is 6.31. The maximum absolute atomic E-state index is 14.0. The fourth-order valence-electron chi connectivity index (χ4n) is 9.16. The van der Waals surface area contributed by atoms with Gasteiger partial charge in [-0.1, -0.05) is 6.92 Å². The molecule has 18 nitrogen and oxygen atoms in total. The molecule has 0 aromatic heterocycles. The summed E-state index contributed by atoms with van der Waals surface area (Å²) in [6.45, 7) is 6.71. The minimum absolute atomic E-state index is 0.0145. The van der Waals surface area contributed by atoms with Crippen LogP contribution in [0.2, 0.25) is 0 Å². The molecule has 7 N–H and O–H groups in total. The Morgan fingerprint density at radius 3 is 2.12 bits per heavy atom. The number of phenols is 3. The number of hydrogen-bond acceptors (Lipinski definition) is 18. The van der Waals surface area contributed by atoms with Gasteiger partial charge >= 0.3 is 5.97 Å². The van der Waals surface area contributed by atoms with Crippen molar-refractivity contribution in [3.63, 3.8) is 0 Å². The Morgan fingerprint density at radius 2 is 1.52 bits per heavy atom. The molecule has 0 bridgehead atoms. The van der Waals surface area contributed by atoms with Gasteiger partial charge in [0.15, 0.2) is 30.4 Å². The number of nitrogens with two attached hydrogens (primary N) is 1. The van der Waals surface area contributed by atoms with Crippen molar-refractivity contribution in [1.29, 1.82) is 0 Å². The van der Waals surface area contributed by atoms with E-state index in [9.17, 15) is 44.7 Å². The van der Waals surface area contributed by atoms with Gasteiger partial charge in [-0.3, -0.25) is 19.2 Å². The van der Waals surface area contributed by atoms with E-state index in [4.69, 9.17) is 38.9 Å². The molecular formula is C42H52N2O16. The lowest BCUT2D eigenvalue weighted by Crippen LogP contribution is -2.58. The fraction of sp³-hybridized carbons (Fsp3) is 0.571. The molecule has 2 aromatic carbocycles. The van der Waals surface area contributed by atoms with Crippen LogP contribution < -0.4 is 5.73 Å². The lowest BCUT2D eigenvalue weighted by molar-refractivity contribution is -0.321. The number of aliphatic hydroxyl groups excluding tert-OH is 1. The van der Waals surface area contributed by atoms with Crippen LogP contribution in [-0.2, 0) is 42.7 Å². The Bertz CT molecular complexity index is 2090. The van der Waals surface area contributed by atoms with E-state index in [0.29, 0.717) is 0 Å². The van der Waals surface area contributed by atoms with Crippen LogP contribution in [0, 0.1) is 0 Å². The maximum atomic E-state index is 14.0. The number of esters is 1. The molecule has 7 rings (SSSR count). The number of carbonyl (C=O) groups excluding carboxylic acids is 4. The summed E-state index contributed by atoms with van der Waals surface area (Å²) in [5.74, 6) is -6.24. The molecule has 2 aromatic rings. The first-order valence-corrected chi connectivity index (χ1v) is 19.9.